The minimum atomic E-state index is -2.50. The number of hydrogen-bond acceptors (Lipinski definition) is 1. The zero-order valence-electron chi connectivity index (χ0n) is 38.5. The summed E-state index contributed by atoms with van der Waals surface area (Å²) in [5.74, 6) is 7.56. The van der Waals surface area contributed by atoms with Gasteiger partial charge in [0.2, 0.25) is 0 Å². The first-order chi connectivity index (χ1) is 32.1. The molecular weight excluding hydrogens is 994 g/mol. The standard InChI is InChI=1S/C63H53OP.Os/c1-8-19-44-27-32-54-56-34-30-48(39-60(56)62(4,5)58(54)36-44)49-31-35-57-55-33-28-45(37-59(55)63(6,7)61(57)40-49)26-29-47(38-50-42-64-41-46(50)9-2)43(3)65(51-20-13-10-14-21-51,52-22-15-11-16-23-52)53-24-17-12-18-25-53;/h8-25,27-28,30-40H,41-42H2,1-2,4-7H3;/q+1;/b19-8+,46-9?,47-43?,50-38?;. The van der Waals surface area contributed by atoms with E-state index in [0.29, 0.717) is 13.2 Å². The van der Waals surface area contributed by atoms with Gasteiger partial charge in [-0.3, -0.25) is 0 Å². The van der Waals surface area contributed by atoms with Crippen LogP contribution in [0.3, 0.4) is 0 Å². The summed E-state index contributed by atoms with van der Waals surface area (Å²) in [6.45, 7) is 14.8. The van der Waals surface area contributed by atoms with Crippen LogP contribution in [0.15, 0.2) is 204 Å². The molecule has 0 bridgehead atoms. The van der Waals surface area contributed by atoms with Crippen molar-refractivity contribution in [1.82, 2.24) is 0 Å². The van der Waals surface area contributed by atoms with Gasteiger partial charge in [-0.1, -0.05) is 56.3 Å². The molecule has 0 N–H and O–H groups in total. The predicted molar refractivity (Wildman–Crippen MR) is 277 cm³/mol. The summed E-state index contributed by atoms with van der Waals surface area (Å²) in [5.41, 5.74) is 18.5. The van der Waals surface area contributed by atoms with Gasteiger partial charge in [-0.25, -0.2) is 0 Å². The zero-order valence-corrected chi connectivity index (χ0v) is 42.0. The van der Waals surface area contributed by atoms with Crippen molar-refractivity contribution in [1.29, 1.82) is 0 Å². The van der Waals surface area contributed by atoms with Gasteiger partial charge >= 0.3 is 296 Å². The van der Waals surface area contributed by atoms with Crippen LogP contribution in [0.5, 0.6) is 0 Å². The van der Waals surface area contributed by atoms with E-state index in [0.717, 1.165) is 16.5 Å². The number of allylic oxidation sites excluding steroid dienone is 5. The third-order valence-electron chi connectivity index (χ3n) is 14.1. The summed E-state index contributed by atoms with van der Waals surface area (Å²) < 4.78 is 9.90. The average molecular weight is 1050 g/mol. The molecule has 3 aliphatic rings. The van der Waals surface area contributed by atoms with E-state index < -0.39 is 7.26 Å². The summed E-state index contributed by atoms with van der Waals surface area (Å²) in [6.07, 6.45) is 8.78. The normalized spacial score (nSPS) is 16.8. The summed E-state index contributed by atoms with van der Waals surface area (Å²) in [6, 6.07) is 61.0. The Labute approximate surface area is 402 Å². The van der Waals surface area contributed by atoms with Gasteiger partial charge < -0.3 is 0 Å². The van der Waals surface area contributed by atoms with Crippen LogP contribution >= 0.6 is 7.26 Å². The molecule has 0 saturated carbocycles. The van der Waals surface area contributed by atoms with E-state index in [2.05, 4.69) is 246 Å². The Morgan fingerprint density at radius 2 is 1.03 bits per heavy atom. The molecule has 1 aliphatic heterocycles. The van der Waals surface area contributed by atoms with Crippen molar-refractivity contribution in [3.63, 3.8) is 0 Å². The molecule has 7 aromatic rings. The number of benzene rings is 7. The fraction of sp³-hybridized carbons (Fsp3) is 0.159. The van der Waals surface area contributed by atoms with Crippen LogP contribution in [0.4, 0.5) is 0 Å². The summed E-state index contributed by atoms with van der Waals surface area (Å²) in [7, 11) is -2.50. The molecular formula is C63H53OOsP+. The van der Waals surface area contributed by atoms with E-state index in [1.165, 1.54) is 88.3 Å². The molecule has 10 rings (SSSR count). The number of fused-ring (bicyclic) bond motifs is 6. The summed E-state index contributed by atoms with van der Waals surface area (Å²) in [5, 5.41) is 4.94. The average Bonchev–Trinajstić information content (AvgIpc) is 3.97. The summed E-state index contributed by atoms with van der Waals surface area (Å²) >= 11 is 1.80. The Balaban J connectivity index is 1.08. The molecule has 0 spiro atoms. The monoisotopic (exact) mass is 1050 g/mol. The van der Waals surface area contributed by atoms with Gasteiger partial charge in [-0.05, 0) is 46.4 Å². The van der Waals surface area contributed by atoms with Crippen molar-refractivity contribution in [2.45, 2.75) is 52.4 Å². The molecule has 2 aliphatic carbocycles. The Kier molecular flexibility index (Phi) is 11.7. The van der Waals surface area contributed by atoms with E-state index in [9.17, 15) is 0 Å². The molecule has 3 heteroatoms. The Hall–Kier alpha value is -6.13. The number of hydrogen-bond donors (Lipinski definition) is 0. The maximum atomic E-state index is 6.05. The molecule has 1 heterocycles. The van der Waals surface area contributed by atoms with Crippen LogP contribution in [0.2, 0.25) is 0 Å². The Bertz CT molecular complexity index is 3190. The van der Waals surface area contributed by atoms with E-state index in [-0.39, 0.29) is 10.8 Å². The van der Waals surface area contributed by atoms with Crippen LogP contribution in [0.25, 0.3) is 39.5 Å². The molecule has 0 atom stereocenters. The van der Waals surface area contributed by atoms with Crippen molar-refractivity contribution < 1.29 is 22.7 Å². The molecule has 66 heavy (non-hydrogen) atoms. The molecule has 0 amide bonds. The molecule has 1 nitrogen and oxygen atoms in total. The van der Waals surface area contributed by atoms with Gasteiger partial charge in [0.15, 0.2) is 0 Å². The van der Waals surface area contributed by atoms with Crippen molar-refractivity contribution >= 4 is 29.3 Å². The van der Waals surface area contributed by atoms with Gasteiger partial charge in [0.05, 0.1) is 0 Å². The molecule has 0 unspecified atom stereocenters. The van der Waals surface area contributed by atoms with E-state index >= 15 is 0 Å². The first kappa shape index (κ1) is 43.7. The van der Waals surface area contributed by atoms with Gasteiger partial charge in [0, 0.05) is 5.41 Å². The predicted octanol–water partition coefficient (Wildman–Crippen LogP) is 14.0. The van der Waals surface area contributed by atoms with Gasteiger partial charge in [-0.15, -0.1) is 0 Å². The number of ether oxygens (including phenoxy) is 1. The van der Waals surface area contributed by atoms with Crippen molar-refractivity contribution in [3.8, 4) is 49.6 Å². The third kappa shape index (κ3) is 7.32. The van der Waals surface area contributed by atoms with Crippen LogP contribution in [-0.4, -0.2) is 13.2 Å². The minimum absolute atomic E-state index is 0.0878. The van der Waals surface area contributed by atoms with E-state index in [1.807, 2.05) is 0 Å². The molecule has 0 aromatic heterocycles. The molecule has 1 saturated heterocycles. The van der Waals surface area contributed by atoms with Crippen molar-refractivity contribution in [2.24, 2.45) is 0 Å². The number of rotatable bonds is 7. The second-order valence-corrected chi connectivity index (χ2v) is 22.6. The van der Waals surface area contributed by atoms with Crippen LogP contribution < -0.4 is 15.9 Å². The first-order valence-corrected chi connectivity index (χ1v) is 26.0. The Morgan fingerprint density at radius 3 is 1.53 bits per heavy atom. The second kappa shape index (κ2) is 17.6. The fourth-order valence-corrected chi connectivity index (χ4v) is 16.4. The van der Waals surface area contributed by atoms with E-state index in [4.69, 9.17) is 4.74 Å². The molecule has 7 aromatic carbocycles. The van der Waals surface area contributed by atoms with E-state index in [1.54, 1.807) is 17.9 Å². The first-order valence-electron chi connectivity index (χ1n) is 22.9. The van der Waals surface area contributed by atoms with Crippen molar-refractivity contribution in [3.05, 3.63) is 237 Å². The van der Waals surface area contributed by atoms with Gasteiger partial charge in [0.1, 0.15) is 0 Å². The van der Waals surface area contributed by atoms with Crippen LogP contribution in [0.1, 0.15) is 74.9 Å². The van der Waals surface area contributed by atoms with Gasteiger partial charge in [-0.2, -0.15) is 0 Å². The molecule has 1 fully saturated rings. The Morgan fingerprint density at radius 1 is 0.561 bits per heavy atom. The second-order valence-electron chi connectivity index (χ2n) is 18.6. The van der Waals surface area contributed by atoms with Crippen LogP contribution in [0, 0.1) is 16.2 Å². The quantitative estimate of drug-likeness (QED) is 0.114. The van der Waals surface area contributed by atoms with Crippen molar-refractivity contribution in [2.75, 3.05) is 13.2 Å². The van der Waals surface area contributed by atoms with Crippen LogP contribution in [-0.2, 0) is 33.5 Å². The topological polar surface area (TPSA) is 9.23 Å². The third-order valence-corrected chi connectivity index (χ3v) is 19.5. The molecule has 323 valence electrons. The fourth-order valence-electron chi connectivity index (χ4n) is 10.6. The maximum absolute atomic E-state index is 6.05. The summed E-state index contributed by atoms with van der Waals surface area (Å²) in [4.78, 5) is 0. The SMILES string of the molecule is CC=C1COCC1=CC(C#Cc1ccc2c(c1)C(C)(C)c1cc(-c3ccc4c(c3)C(C)(C)c3cc(/C=C/C)ccc3-4)ccc1-2)=C([C]#[Os])[P+](c1ccccc1)(c1ccccc1)c1ccccc1. The van der Waals surface area contributed by atoms with Gasteiger partial charge in [0.25, 0.3) is 0 Å². The molecule has 0 radical (unpaired) electrons. The zero-order chi connectivity index (χ0) is 45.6.